The Hall–Kier alpha value is -4.33. The Balaban J connectivity index is 1.19. The van der Waals surface area contributed by atoms with Crippen LogP contribution in [0.3, 0.4) is 0 Å². The molecule has 0 atom stereocenters. The molecule has 3 heterocycles. The van der Waals surface area contributed by atoms with Gasteiger partial charge in [-0.05, 0) is 48.7 Å². The quantitative estimate of drug-likeness (QED) is 0.394. The summed E-state index contributed by atoms with van der Waals surface area (Å²) in [5, 5.41) is 8.02. The molecule has 1 fully saturated rings. The molecule has 36 heavy (non-hydrogen) atoms. The molecule has 0 bridgehead atoms. The molecule has 0 saturated carbocycles. The highest BCUT2D eigenvalue weighted by molar-refractivity contribution is 5.95. The normalized spacial score (nSPS) is 14.5. The molecule has 0 radical (unpaired) electrons. The van der Waals surface area contributed by atoms with E-state index >= 15 is 0 Å². The van der Waals surface area contributed by atoms with E-state index in [4.69, 9.17) is 4.98 Å². The molecular weight excluding hydrogens is 457 g/mol. The molecule has 5 aromatic rings. The third kappa shape index (κ3) is 4.04. The number of piperidine rings is 1. The van der Waals surface area contributed by atoms with Crippen molar-refractivity contribution in [2.75, 3.05) is 13.1 Å². The number of nitrogens with one attached hydrogen (secondary N) is 2. The number of carbonyl (C=O) groups excluding carboxylic acids is 1. The number of nitrogens with zero attached hydrogens (tertiary/aromatic N) is 3. The van der Waals surface area contributed by atoms with E-state index in [0.29, 0.717) is 30.6 Å². The number of fused-ring (bicyclic) bond motifs is 2. The van der Waals surface area contributed by atoms with Gasteiger partial charge in [0.15, 0.2) is 0 Å². The summed E-state index contributed by atoms with van der Waals surface area (Å²) in [5.41, 5.74) is 3.17. The number of likely N-dealkylation sites (tertiary alicyclic amines) is 1. The average molecular weight is 482 g/mol. The van der Waals surface area contributed by atoms with Crippen LogP contribution in [0.4, 0.5) is 4.39 Å². The van der Waals surface area contributed by atoms with Crippen LogP contribution in [0.2, 0.25) is 0 Å². The molecule has 0 spiro atoms. The van der Waals surface area contributed by atoms with Crippen LogP contribution in [-0.4, -0.2) is 44.1 Å². The fourth-order valence-electron chi connectivity index (χ4n) is 5.04. The van der Waals surface area contributed by atoms with Crippen molar-refractivity contribution < 1.29 is 9.18 Å². The Bertz CT molecular complexity index is 1620. The van der Waals surface area contributed by atoms with Crippen molar-refractivity contribution in [3.05, 3.63) is 106 Å². The number of H-pyrrole nitrogens is 2. The van der Waals surface area contributed by atoms with E-state index in [9.17, 15) is 14.0 Å². The number of rotatable bonds is 4. The molecule has 0 unspecified atom stereocenters. The van der Waals surface area contributed by atoms with Crippen molar-refractivity contribution in [3.63, 3.8) is 0 Å². The number of amides is 1. The first-order valence-corrected chi connectivity index (χ1v) is 12.1. The van der Waals surface area contributed by atoms with E-state index in [-0.39, 0.29) is 22.9 Å². The maximum absolute atomic E-state index is 14.8. The Morgan fingerprint density at radius 2 is 1.75 bits per heavy atom. The summed E-state index contributed by atoms with van der Waals surface area (Å²) in [6.45, 7) is 1.08. The predicted octanol–water partition coefficient (Wildman–Crippen LogP) is 4.55. The Morgan fingerprint density at radius 3 is 2.56 bits per heavy atom. The van der Waals surface area contributed by atoms with Crippen molar-refractivity contribution in [1.82, 2.24) is 25.1 Å². The van der Waals surface area contributed by atoms with Crippen LogP contribution < -0.4 is 5.56 Å². The first kappa shape index (κ1) is 22.2. The van der Waals surface area contributed by atoms with E-state index in [2.05, 4.69) is 15.2 Å². The first-order valence-electron chi connectivity index (χ1n) is 12.1. The Labute approximate surface area is 206 Å². The van der Waals surface area contributed by atoms with Crippen LogP contribution in [-0.2, 0) is 6.42 Å². The lowest BCUT2D eigenvalue weighted by atomic mass is 9.95. The highest BCUT2D eigenvalue weighted by Gasteiger charge is 2.28. The number of para-hydroxylation sites is 2. The van der Waals surface area contributed by atoms with E-state index in [1.165, 1.54) is 6.07 Å². The van der Waals surface area contributed by atoms with E-state index in [0.717, 1.165) is 40.6 Å². The van der Waals surface area contributed by atoms with Crippen LogP contribution in [0.5, 0.6) is 0 Å². The van der Waals surface area contributed by atoms with Gasteiger partial charge in [0.2, 0.25) is 0 Å². The number of imidazole rings is 1. The van der Waals surface area contributed by atoms with Gasteiger partial charge in [-0.3, -0.25) is 9.59 Å². The second-order valence-electron chi connectivity index (χ2n) is 9.24. The van der Waals surface area contributed by atoms with Crippen LogP contribution in [0.25, 0.3) is 21.8 Å². The van der Waals surface area contributed by atoms with Crippen molar-refractivity contribution >= 4 is 27.7 Å². The summed E-state index contributed by atoms with van der Waals surface area (Å²) in [7, 11) is 0. The highest BCUT2D eigenvalue weighted by Crippen LogP contribution is 2.29. The molecule has 7 nitrogen and oxygen atoms in total. The third-order valence-corrected chi connectivity index (χ3v) is 6.98. The van der Waals surface area contributed by atoms with Crippen molar-refractivity contribution in [2.45, 2.75) is 25.2 Å². The van der Waals surface area contributed by atoms with Crippen LogP contribution in [0, 0.1) is 5.82 Å². The van der Waals surface area contributed by atoms with Gasteiger partial charge >= 0.3 is 0 Å². The number of hydrogen-bond donors (Lipinski definition) is 2. The average Bonchev–Trinajstić information content (AvgIpc) is 3.36. The van der Waals surface area contributed by atoms with E-state index < -0.39 is 5.82 Å². The molecule has 8 heteroatoms. The second-order valence-corrected chi connectivity index (χ2v) is 9.24. The van der Waals surface area contributed by atoms with Crippen molar-refractivity contribution in [2.24, 2.45) is 0 Å². The van der Waals surface area contributed by atoms with Crippen molar-refractivity contribution in [3.8, 4) is 0 Å². The Morgan fingerprint density at radius 1 is 1.00 bits per heavy atom. The minimum atomic E-state index is -0.539. The number of halogens is 1. The molecule has 6 rings (SSSR count). The minimum Gasteiger partial charge on any atom is -0.342 e. The molecular formula is C28H24FN5O2. The molecule has 0 aliphatic carbocycles. The SMILES string of the molecule is O=C(c1cc(Cc2n[nH]c(=O)c3ccccc23)ccc1F)N1CCC(c2nc3ccccc3[nH]2)CC1. The molecule has 1 saturated heterocycles. The summed E-state index contributed by atoms with van der Waals surface area (Å²) in [6.07, 6.45) is 1.90. The highest BCUT2D eigenvalue weighted by atomic mass is 19.1. The maximum atomic E-state index is 14.8. The number of carbonyl (C=O) groups is 1. The molecule has 1 aliphatic rings. The fraction of sp³-hybridized carbons (Fsp3) is 0.214. The standard InChI is InChI=1S/C28H24FN5O2/c29-22-10-9-17(16-25-19-5-1-2-6-20(19)27(35)33-32-25)15-21(22)28(36)34-13-11-18(12-14-34)26-30-23-7-3-4-8-24(23)31-26/h1-10,15,18H,11-14,16H2,(H,30,31)(H,33,35). The smallest absolute Gasteiger partial charge is 0.272 e. The largest absolute Gasteiger partial charge is 0.342 e. The fourth-order valence-corrected chi connectivity index (χ4v) is 5.04. The summed E-state index contributed by atoms with van der Waals surface area (Å²) in [5.74, 6) is 0.327. The lowest BCUT2D eigenvalue weighted by molar-refractivity contribution is 0.0706. The summed E-state index contributed by atoms with van der Waals surface area (Å²) in [4.78, 5) is 35.2. The molecule has 2 aromatic heterocycles. The third-order valence-electron chi connectivity index (χ3n) is 6.98. The number of aromatic nitrogens is 4. The number of benzene rings is 3. The lowest BCUT2D eigenvalue weighted by Gasteiger charge is -2.31. The van der Waals surface area contributed by atoms with Gasteiger partial charge in [-0.1, -0.05) is 36.4 Å². The van der Waals surface area contributed by atoms with Gasteiger partial charge in [0.1, 0.15) is 11.6 Å². The predicted molar refractivity (Wildman–Crippen MR) is 136 cm³/mol. The zero-order chi connectivity index (χ0) is 24.6. The van der Waals surface area contributed by atoms with Gasteiger partial charge < -0.3 is 9.88 Å². The zero-order valence-corrected chi connectivity index (χ0v) is 19.5. The minimum absolute atomic E-state index is 0.0587. The Kier molecular flexibility index (Phi) is 5.56. The monoisotopic (exact) mass is 481 g/mol. The molecule has 2 N–H and O–H groups in total. The van der Waals surface area contributed by atoms with Crippen molar-refractivity contribution in [1.29, 1.82) is 0 Å². The number of hydrogen-bond acceptors (Lipinski definition) is 4. The molecule has 1 aliphatic heterocycles. The van der Waals surface area contributed by atoms with Crippen LogP contribution >= 0.6 is 0 Å². The summed E-state index contributed by atoms with van der Waals surface area (Å²) in [6, 6.07) is 19.7. The van der Waals surface area contributed by atoms with Crippen LogP contribution in [0.1, 0.15) is 46.2 Å². The van der Waals surface area contributed by atoms with Gasteiger partial charge in [-0.2, -0.15) is 5.10 Å². The molecule has 3 aromatic carbocycles. The topological polar surface area (TPSA) is 94.7 Å². The van der Waals surface area contributed by atoms with Gasteiger partial charge in [0.25, 0.3) is 11.5 Å². The van der Waals surface area contributed by atoms with Gasteiger partial charge in [0.05, 0.1) is 27.7 Å². The summed E-state index contributed by atoms with van der Waals surface area (Å²) < 4.78 is 14.8. The van der Waals surface area contributed by atoms with Crippen LogP contribution in [0.15, 0.2) is 71.5 Å². The van der Waals surface area contributed by atoms with Gasteiger partial charge in [0, 0.05) is 30.8 Å². The van der Waals surface area contributed by atoms with Gasteiger partial charge in [-0.15, -0.1) is 0 Å². The van der Waals surface area contributed by atoms with E-state index in [1.807, 2.05) is 36.4 Å². The molecule has 1 amide bonds. The zero-order valence-electron chi connectivity index (χ0n) is 19.5. The maximum Gasteiger partial charge on any atom is 0.272 e. The van der Waals surface area contributed by atoms with E-state index in [1.54, 1.807) is 29.2 Å². The first-order chi connectivity index (χ1) is 17.6. The van der Waals surface area contributed by atoms with Gasteiger partial charge in [-0.25, -0.2) is 14.5 Å². The molecule has 180 valence electrons. The number of aromatic amines is 2. The lowest BCUT2D eigenvalue weighted by Crippen LogP contribution is -2.38. The second kappa shape index (κ2) is 9.03. The summed E-state index contributed by atoms with van der Waals surface area (Å²) >= 11 is 0.